The molecule has 0 amide bonds. The molecule has 0 aromatic heterocycles. The van der Waals surface area contributed by atoms with Gasteiger partial charge in [0.15, 0.2) is 0 Å². The normalized spacial score (nSPS) is 13.6. The molecule has 3 nitrogen and oxygen atoms in total. The van der Waals surface area contributed by atoms with Gasteiger partial charge in [0.25, 0.3) is 0 Å². The SMILES string of the molecule is CCN(CC)C(C=C(C)CCC=C(C)C)C(=O)O. The van der Waals surface area contributed by atoms with Crippen LogP contribution in [0.4, 0.5) is 0 Å². The number of carboxylic acid groups (broad SMARTS) is 1. The number of carbonyl (C=O) groups is 1. The highest BCUT2D eigenvalue weighted by Crippen LogP contribution is 2.11. The molecule has 0 radical (unpaired) electrons. The lowest BCUT2D eigenvalue weighted by Crippen LogP contribution is -2.39. The Morgan fingerprint density at radius 3 is 2.17 bits per heavy atom. The third-order valence-corrected chi connectivity index (χ3v) is 2.99. The van der Waals surface area contributed by atoms with Gasteiger partial charge >= 0.3 is 5.97 Å². The van der Waals surface area contributed by atoms with Crippen LogP contribution in [0.25, 0.3) is 0 Å². The molecule has 0 fully saturated rings. The van der Waals surface area contributed by atoms with Gasteiger partial charge in [0, 0.05) is 0 Å². The molecule has 1 N–H and O–H groups in total. The Morgan fingerprint density at radius 1 is 1.22 bits per heavy atom. The van der Waals surface area contributed by atoms with Crippen LogP contribution in [0.5, 0.6) is 0 Å². The number of rotatable bonds is 8. The Balaban J connectivity index is 4.63. The molecular weight excluding hydrogens is 226 g/mol. The fourth-order valence-corrected chi connectivity index (χ4v) is 1.89. The predicted octanol–water partition coefficient (Wildman–Crippen LogP) is 3.47. The number of hydrogen-bond donors (Lipinski definition) is 1. The second-order valence-corrected chi connectivity index (χ2v) is 4.84. The van der Waals surface area contributed by atoms with Gasteiger partial charge < -0.3 is 5.11 Å². The lowest BCUT2D eigenvalue weighted by atomic mass is 10.1. The minimum absolute atomic E-state index is 0.494. The number of nitrogens with zero attached hydrogens (tertiary/aromatic N) is 1. The molecule has 0 aromatic rings. The van der Waals surface area contributed by atoms with Crippen molar-refractivity contribution in [2.24, 2.45) is 0 Å². The topological polar surface area (TPSA) is 40.5 Å². The van der Waals surface area contributed by atoms with Crippen LogP contribution < -0.4 is 0 Å². The van der Waals surface area contributed by atoms with E-state index in [1.807, 2.05) is 31.7 Å². The summed E-state index contributed by atoms with van der Waals surface area (Å²) in [5.41, 5.74) is 2.45. The first-order valence-corrected chi connectivity index (χ1v) is 6.69. The molecular formula is C15H27NO2. The summed E-state index contributed by atoms with van der Waals surface area (Å²) in [5.74, 6) is -0.764. The minimum Gasteiger partial charge on any atom is -0.480 e. The third kappa shape index (κ3) is 6.60. The van der Waals surface area contributed by atoms with Crippen LogP contribution >= 0.6 is 0 Å². The molecule has 0 bridgehead atoms. The average molecular weight is 253 g/mol. The molecule has 0 aromatic carbocycles. The van der Waals surface area contributed by atoms with E-state index in [1.54, 1.807) is 0 Å². The van der Waals surface area contributed by atoms with Crippen LogP contribution in [0.3, 0.4) is 0 Å². The summed E-state index contributed by atoms with van der Waals surface area (Å²) >= 11 is 0. The molecule has 1 atom stereocenters. The van der Waals surface area contributed by atoms with Gasteiger partial charge in [-0.2, -0.15) is 0 Å². The van der Waals surface area contributed by atoms with E-state index in [9.17, 15) is 9.90 Å². The van der Waals surface area contributed by atoms with Crippen LogP contribution in [0, 0.1) is 0 Å². The van der Waals surface area contributed by atoms with Crippen LogP contribution in [-0.2, 0) is 4.79 Å². The first-order valence-electron chi connectivity index (χ1n) is 6.69. The number of likely N-dealkylation sites (N-methyl/N-ethyl adjacent to an activating group) is 1. The maximum atomic E-state index is 11.3. The molecule has 1 unspecified atom stereocenters. The quantitative estimate of drug-likeness (QED) is 0.673. The van der Waals surface area contributed by atoms with E-state index in [0.29, 0.717) is 0 Å². The molecule has 0 rings (SSSR count). The van der Waals surface area contributed by atoms with Crippen molar-refractivity contribution in [1.82, 2.24) is 4.90 Å². The number of carboxylic acids is 1. The van der Waals surface area contributed by atoms with E-state index >= 15 is 0 Å². The second kappa shape index (κ2) is 8.92. The maximum Gasteiger partial charge on any atom is 0.324 e. The van der Waals surface area contributed by atoms with Gasteiger partial charge in [-0.25, -0.2) is 0 Å². The largest absolute Gasteiger partial charge is 0.480 e. The van der Waals surface area contributed by atoms with Gasteiger partial charge in [-0.1, -0.05) is 37.1 Å². The highest BCUT2D eigenvalue weighted by Gasteiger charge is 2.20. The molecule has 0 aliphatic carbocycles. The van der Waals surface area contributed by atoms with Gasteiger partial charge in [0.2, 0.25) is 0 Å². The van der Waals surface area contributed by atoms with E-state index in [2.05, 4.69) is 19.9 Å². The fourth-order valence-electron chi connectivity index (χ4n) is 1.89. The van der Waals surface area contributed by atoms with Gasteiger partial charge in [-0.15, -0.1) is 0 Å². The lowest BCUT2D eigenvalue weighted by molar-refractivity contribution is -0.141. The van der Waals surface area contributed by atoms with E-state index < -0.39 is 12.0 Å². The zero-order valence-electron chi connectivity index (χ0n) is 12.4. The minimum atomic E-state index is -0.764. The van der Waals surface area contributed by atoms with Crippen molar-refractivity contribution in [3.63, 3.8) is 0 Å². The van der Waals surface area contributed by atoms with E-state index in [4.69, 9.17) is 0 Å². The van der Waals surface area contributed by atoms with E-state index in [0.717, 1.165) is 31.5 Å². The van der Waals surface area contributed by atoms with Gasteiger partial charge in [0.1, 0.15) is 6.04 Å². The van der Waals surface area contributed by atoms with Crippen molar-refractivity contribution in [2.75, 3.05) is 13.1 Å². The highest BCUT2D eigenvalue weighted by molar-refractivity contribution is 5.76. The zero-order chi connectivity index (χ0) is 14.1. The number of hydrogen-bond acceptors (Lipinski definition) is 2. The van der Waals surface area contributed by atoms with Crippen molar-refractivity contribution in [1.29, 1.82) is 0 Å². The Kier molecular flexibility index (Phi) is 8.38. The van der Waals surface area contributed by atoms with Gasteiger partial charge in [-0.05, 0) is 46.7 Å². The molecule has 0 aliphatic rings. The van der Waals surface area contributed by atoms with Crippen LogP contribution in [0.1, 0.15) is 47.5 Å². The first-order chi connectivity index (χ1) is 8.42. The summed E-state index contributed by atoms with van der Waals surface area (Å²) in [5, 5.41) is 9.27. The summed E-state index contributed by atoms with van der Waals surface area (Å²) in [6.45, 7) is 11.7. The van der Waals surface area contributed by atoms with Gasteiger partial charge in [-0.3, -0.25) is 9.69 Å². The summed E-state index contributed by atoms with van der Waals surface area (Å²) in [6, 6.07) is -0.494. The molecule has 0 saturated carbocycles. The standard InChI is InChI=1S/C15H27NO2/c1-6-16(7-2)14(15(17)18)11-13(5)10-8-9-12(3)4/h9,11,14H,6-8,10H2,1-5H3,(H,17,18). The second-order valence-electron chi connectivity index (χ2n) is 4.84. The molecule has 104 valence electrons. The van der Waals surface area contributed by atoms with E-state index in [-0.39, 0.29) is 0 Å². The smallest absolute Gasteiger partial charge is 0.324 e. The lowest BCUT2D eigenvalue weighted by Gasteiger charge is -2.24. The molecule has 18 heavy (non-hydrogen) atoms. The third-order valence-electron chi connectivity index (χ3n) is 2.99. The summed E-state index contributed by atoms with van der Waals surface area (Å²) < 4.78 is 0. The predicted molar refractivity (Wildman–Crippen MR) is 76.8 cm³/mol. The van der Waals surface area contributed by atoms with Crippen molar-refractivity contribution in [3.05, 3.63) is 23.3 Å². The average Bonchev–Trinajstić information content (AvgIpc) is 2.28. The molecule has 0 spiro atoms. The molecule has 0 aliphatic heterocycles. The van der Waals surface area contributed by atoms with Crippen LogP contribution in [-0.4, -0.2) is 35.1 Å². The van der Waals surface area contributed by atoms with Crippen molar-refractivity contribution in [2.45, 2.75) is 53.5 Å². The van der Waals surface area contributed by atoms with Crippen LogP contribution in [0.15, 0.2) is 23.3 Å². The Labute approximate surface area is 111 Å². The monoisotopic (exact) mass is 253 g/mol. The van der Waals surface area contributed by atoms with Crippen molar-refractivity contribution < 1.29 is 9.90 Å². The van der Waals surface area contributed by atoms with Crippen molar-refractivity contribution >= 4 is 5.97 Å². The number of allylic oxidation sites excluding steroid dienone is 3. The Morgan fingerprint density at radius 2 is 1.78 bits per heavy atom. The fraction of sp³-hybridized carbons (Fsp3) is 0.667. The molecule has 3 heteroatoms. The molecule has 0 heterocycles. The van der Waals surface area contributed by atoms with Gasteiger partial charge in [0.05, 0.1) is 0 Å². The Bertz CT molecular complexity index is 310. The highest BCUT2D eigenvalue weighted by atomic mass is 16.4. The first kappa shape index (κ1) is 16.9. The summed E-state index contributed by atoms with van der Waals surface area (Å²) in [6.07, 6.45) is 5.98. The number of aliphatic carboxylic acids is 1. The van der Waals surface area contributed by atoms with E-state index in [1.165, 1.54) is 5.57 Å². The zero-order valence-corrected chi connectivity index (χ0v) is 12.4. The Hall–Kier alpha value is -1.09. The van der Waals surface area contributed by atoms with Crippen LogP contribution in [0.2, 0.25) is 0 Å². The molecule has 0 saturated heterocycles. The maximum absolute atomic E-state index is 11.3. The van der Waals surface area contributed by atoms with Crippen molar-refractivity contribution in [3.8, 4) is 0 Å². The summed E-state index contributed by atoms with van der Waals surface area (Å²) in [7, 11) is 0. The summed E-state index contributed by atoms with van der Waals surface area (Å²) in [4.78, 5) is 13.2.